The van der Waals surface area contributed by atoms with Gasteiger partial charge < -0.3 is 15.2 Å². The van der Waals surface area contributed by atoms with Crippen molar-refractivity contribution in [3.05, 3.63) is 48.3 Å². The molecule has 0 atom stereocenters. The number of thioether (sulfide) groups is 1. The number of fused-ring (bicyclic) bond motifs is 1. The van der Waals surface area contributed by atoms with Crippen LogP contribution < -0.4 is 15.2 Å². The van der Waals surface area contributed by atoms with Crippen molar-refractivity contribution >= 4 is 28.6 Å². The molecule has 2 heterocycles. The van der Waals surface area contributed by atoms with E-state index in [0.29, 0.717) is 44.9 Å². The minimum atomic E-state index is -0.377. The van der Waals surface area contributed by atoms with E-state index < -0.39 is 0 Å². The molecule has 0 unspecified atom stereocenters. The summed E-state index contributed by atoms with van der Waals surface area (Å²) in [6, 6.07) is 11.5. The average molecular weight is 411 g/mol. The van der Waals surface area contributed by atoms with Crippen LogP contribution in [-0.2, 0) is 0 Å². The molecule has 0 amide bonds. The van der Waals surface area contributed by atoms with Crippen LogP contribution >= 0.6 is 11.8 Å². The van der Waals surface area contributed by atoms with Crippen molar-refractivity contribution in [3.63, 3.8) is 0 Å². The van der Waals surface area contributed by atoms with E-state index in [9.17, 15) is 4.39 Å². The van der Waals surface area contributed by atoms with Gasteiger partial charge in [0.05, 0.1) is 31.0 Å². The number of nitrogens with two attached hydrogens (primary N) is 1. The Kier molecular flexibility index (Phi) is 4.98. The third kappa shape index (κ3) is 3.33. The van der Waals surface area contributed by atoms with Gasteiger partial charge in [0.2, 0.25) is 0 Å². The molecule has 9 heteroatoms. The van der Waals surface area contributed by atoms with E-state index in [1.807, 2.05) is 18.4 Å². The second-order valence-corrected chi connectivity index (χ2v) is 6.88. The predicted molar refractivity (Wildman–Crippen MR) is 111 cm³/mol. The van der Waals surface area contributed by atoms with Crippen LogP contribution in [0.15, 0.2) is 47.6 Å². The summed E-state index contributed by atoms with van der Waals surface area (Å²) < 4.78 is 25.9. The van der Waals surface area contributed by atoms with Gasteiger partial charge in [0, 0.05) is 5.56 Å². The maximum absolute atomic E-state index is 13.7. The van der Waals surface area contributed by atoms with Crippen LogP contribution in [0, 0.1) is 5.82 Å². The molecule has 0 aliphatic rings. The van der Waals surface area contributed by atoms with Crippen molar-refractivity contribution in [2.75, 3.05) is 26.2 Å². The third-order valence-corrected chi connectivity index (χ3v) is 4.99. The van der Waals surface area contributed by atoms with Gasteiger partial charge in [0.1, 0.15) is 11.6 Å². The fraction of sp³-hybridized carbons (Fsp3) is 0.150. The van der Waals surface area contributed by atoms with Crippen LogP contribution in [0.5, 0.6) is 11.5 Å². The highest BCUT2D eigenvalue weighted by Crippen LogP contribution is 2.37. The molecule has 0 saturated carbocycles. The first kappa shape index (κ1) is 19.0. The average Bonchev–Trinajstić information content (AvgIpc) is 3.09. The number of nitrogens with zero attached hydrogens (tertiary/aromatic N) is 4. The number of rotatable bonds is 5. The van der Waals surface area contributed by atoms with Gasteiger partial charge >= 0.3 is 0 Å². The van der Waals surface area contributed by atoms with Crippen molar-refractivity contribution in [2.45, 2.75) is 5.16 Å². The smallest absolute Gasteiger partial charge is 0.190 e. The van der Waals surface area contributed by atoms with E-state index in [0.717, 1.165) is 5.56 Å². The Balaban J connectivity index is 1.99. The van der Waals surface area contributed by atoms with Crippen molar-refractivity contribution in [2.24, 2.45) is 0 Å². The molecule has 0 radical (unpaired) electrons. The molecule has 148 valence electrons. The van der Waals surface area contributed by atoms with Gasteiger partial charge in [-0.1, -0.05) is 17.8 Å². The summed E-state index contributed by atoms with van der Waals surface area (Å²) in [5.74, 6) is 1.12. The second kappa shape index (κ2) is 7.59. The standard InChI is InChI=1S/C20H18FN5O2S/c1-27-14-8-7-11(9-15(14)28-2)17-16-18(22)26(13-6-4-5-12(21)10-13)25-19(16)24-20(23-17)29-3/h4-10H,22H2,1-3H3. The van der Waals surface area contributed by atoms with Crippen LogP contribution in [0.25, 0.3) is 28.0 Å². The lowest BCUT2D eigenvalue weighted by Gasteiger charge is -2.10. The van der Waals surface area contributed by atoms with Gasteiger partial charge in [0.25, 0.3) is 0 Å². The summed E-state index contributed by atoms with van der Waals surface area (Å²) in [7, 11) is 3.15. The zero-order valence-corrected chi connectivity index (χ0v) is 16.8. The van der Waals surface area contributed by atoms with Gasteiger partial charge in [0.15, 0.2) is 22.3 Å². The minimum Gasteiger partial charge on any atom is -0.493 e. The summed E-state index contributed by atoms with van der Waals surface area (Å²) >= 11 is 1.40. The van der Waals surface area contributed by atoms with Crippen LogP contribution in [0.1, 0.15) is 0 Å². The topological polar surface area (TPSA) is 88.1 Å². The van der Waals surface area contributed by atoms with E-state index in [1.165, 1.54) is 28.6 Å². The molecule has 0 bridgehead atoms. The van der Waals surface area contributed by atoms with Gasteiger partial charge in [-0.25, -0.2) is 19.0 Å². The first-order valence-electron chi connectivity index (χ1n) is 8.64. The van der Waals surface area contributed by atoms with Gasteiger partial charge in [-0.3, -0.25) is 0 Å². The lowest BCUT2D eigenvalue weighted by molar-refractivity contribution is 0.355. The zero-order chi connectivity index (χ0) is 20.5. The number of nitrogen functional groups attached to an aromatic ring is 1. The molecule has 4 aromatic rings. The van der Waals surface area contributed by atoms with Crippen molar-refractivity contribution in [3.8, 4) is 28.4 Å². The molecule has 0 saturated heterocycles. The number of methoxy groups -OCH3 is 2. The van der Waals surface area contributed by atoms with Crippen molar-refractivity contribution in [1.82, 2.24) is 19.7 Å². The maximum atomic E-state index is 13.7. The Morgan fingerprint density at radius 1 is 1.03 bits per heavy atom. The Labute approximate surface area is 170 Å². The lowest BCUT2D eigenvalue weighted by atomic mass is 10.1. The lowest BCUT2D eigenvalue weighted by Crippen LogP contribution is -2.02. The number of benzene rings is 2. The number of hydrogen-bond acceptors (Lipinski definition) is 7. The Bertz CT molecular complexity index is 1210. The van der Waals surface area contributed by atoms with E-state index >= 15 is 0 Å². The molecule has 0 aliphatic heterocycles. The van der Waals surface area contributed by atoms with Gasteiger partial charge in [-0.15, -0.1) is 5.10 Å². The number of halogens is 1. The molecule has 2 aromatic heterocycles. The molecular weight excluding hydrogens is 393 g/mol. The minimum absolute atomic E-state index is 0.322. The Hall–Kier alpha value is -3.33. The number of ether oxygens (including phenoxy) is 2. The Morgan fingerprint density at radius 3 is 2.52 bits per heavy atom. The summed E-state index contributed by atoms with van der Waals surface area (Å²) in [5, 5.41) is 5.63. The largest absolute Gasteiger partial charge is 0.493 e. The maximum Gasteiger partial charge on any atom is 0.190 e. The van der Waals surface area contributed by atoms with Gasteiger partial charge in [-0.05, 0) is 42.7 Å². The molecule has 29 heavy (non-hydrogen) atoms. The molecule has 0 spiro atoms. The Morgan fingerprint density at radius 2 is 1.83 bits per heavy atom. The number of hydrogen-bond donors (Lipinski definition) is 1. The highest BCUT2D eigenvalue weighted by atomic mass is 32.2. The second-order valence-electron chi connectivity index (χ2n) is 6.10. The molecule has 2 N–H and O–H groups in total. The summed E-state index contributed by atoms with van der Waals surface area (Å²) in [6.45, 7) is 0. The molecular formula is C20H18FN5O2S. The van der Waals surface area contributed by atoms with Crippen LogP contribution in [0.4, 0.5) is 10.2 Å². The SMILES string of the molecule is COc1ccc(-c2nc(SC)nc3nn(-c4cccc(F)c4)c(N)c23)cc1OC. The van der Waals surface area contributed by atoms with Crippen molar-refractivity contribution < 1.29 is 13.9 Å². The third-order valence-electron chi connectivity index (χ3n) is 4.44. The zero-order valence-electron chi connectivity index (χ0n) is 16.0. The van der Waals surface area contributed by atoms with Crippen LogP contribution in [0.2, 0.25) is 0 Å². The first-order chi connectivity index (χ1) is 14.0. The quantitative estimate of drug-likeness (QED) is 0.393. The molecule has 0 fully saturated rings. The highest BCUT2D eigenvalue weighted by Gasteiger charge is 2.20. The van der Waals surface area contributed by atoms with Gasteiger partial charge in [-0.2, -0.15) is 0 Å². The molecule has 2 aromatic carbocycles. The monoisotopic (exact) mass is 411 g/mol. The van der Waals surface area contributed by atoms with Crippen molar-refractivity contribution in [1.29, 1.82) is 0 Å². The fourth-order valence-electron chi connectivity index (χ4n) is 3.08. The van der Waals surface area contributed by atoms with Crippen LogP contribution in [-0.4, -0.2) is 40.2 Å². The first-order valence-corrected chi connectivity index (χ1v) is 9.86. The number of anilines is 1. The van der Waals surface area contributed by atoms with E-state index in [4.69, 9.17) is 15.2 Å². The van der Waals surface area contributed by atoms with E-state index in [2.05, 4.69) is 15.1 Å². The van der Waals surface area contributed by atoms with E-state index in [1.54, 1.807) is 32.4 Å². The molecule has 0 aliphatic carbocycles. The fourth-order valence-corrected chi connectivity index (χ4v) is 3.44. The molecule has 7 nitrogen and oxygen atoms in total. The van der Waals surface area contributed by atoms with Crippen LogP contribution in [0.3, 0.4) is 0 Å². The highest BCUT2D eigenvalue weighted by molar-refractivity contribution is 7.98. The number of aromatic nitrogens is 4. The molecule has 4 rings (SSSR count). The normalized spacial score (nSPS) is 11.0. The van der Waals surface area contributed by atoms with E-state index in [-0.39, 0.29) is 5.82 Å². The predicted octanol–water partition coefficient (Wildman–Crippen LogP) is 3.94. The summed E-state index contributed by atoms with van der Waals surface area (Å²) in [6.07, 6.45) is 1.88. The summed E-state index contributed by atoms with van der Waals surface area (Å²) in [4.78, 5) is 9.13. The summed E-state index contributed by atoms with van der Waals surface area (Å²) in [5.41, 5.74) is 8.73.